The van der Waals surface area contributed by atoms with Gasteiger partial charge in [-0.05, 0) is 29.8 Å². The van der Waals surface area contributed by atoms with Crippen molar-refractivity contribution in [1.82, 2.24) is 0 Å². The van der Waals surface area contributed by atoms with Crippen LogP contribution in [0.5, 0.6) is 5.75 Å². The lowest BCUT2D eigenvalue weighted by atomic mass is 10.1. The predicted octanol–water partition coefficient (Wildman–Crippen LogP) is 3.61. The summed E-state index contributed by atoms with van der Waals surface area (Å²) in [6.07, 6.45) is 1.39. The Kier molecular flexibility index (Phi) is 2.99. The zero-order valence-electron chi connectivity index (χ0n) is 10.7. The number of rotatable bonds is 2. The summed E-state index contributed by atoms with van der Waals surface area (Å²) in [5, 5.41) is 0.465. The molecule has 0 unspecified atom stereocenters. The molecular formula is C16H11FO3. The van der Waals surface area contributed by atoms with E-state index in [9.17, 15) is 9.18 Å². The third kappa shape index (κ3) is 2.05. The molecule has 1 heterocycles. The van der Waals surface area contributed by atoms with Crippen molar-refractivity contribution in [1.29, 1.82) is 0 Å². The van der Waals surface area contributed by atoms with E-state index >= 15 is 0 Å². The van der Waals surface area contributed by atoms with Crippen LogP contribution in [0.3, 0.4) is 0 Å². The summed E-state index contributed by atoms with van der Waals surface area (Å²) in [5.74, 6) is 0.277. The number of hydrogen-bond acceptors (Lipinski definition) is 3. The second-order valence-corrected chi connectivity index (χ2v) is 4.35. The molecular weight excluding hydrogens is 259 g/mol. The van der Waals surface area contributed by atoms with Crippen LogP contribution in [0.15, 0.2) is 57.9 Å². The normalized spacial score (nSPS) is 10.7. The van der Waals surface area contributed by atoms with E-state index in [2.05, 4.69) is 0 Å². The largest absolute Gasteiger partial charge is 0.497 e. The third-order valence-electron chi connectivity index (χ3n) is 3.14. The molecule has 0 aliphatic rings. The molecule has 0 atom stereocenters. The second kappa shape index (κ2) is 4.81. The highest BCUT2D eigenvalue weighted by molar-refractivity contribution is 5.82. The molecule has 0 N–H and O–H groups in total. The first-order valence-corrected chi connectivity index (χ1v) is 6.04. The number of benzene rings is 2. The van der Waals surface area contributed by atoms with E-state index in [4.69, 9.17) is 9.15 Å². The van der Waals surface area contributed by atoms with E-state index in [1.165, 1.54) is 18.4 Å². The van der Waals surface area contributed by atoms with Gasteiger partial charge in [-0.2, -0.15) is 0 Å². The molecule has 3 nitrogen and oxygen atoms in total. The van der Waals surface area contributed by atoms with E-state index in [0.29, 0.717) is 27.8 Å². The highest BCUT2D eigenvalue weighted by Gasteiger charge is 2.09. The van der Waals surface area contributed by atoms with E-state index in [-0.39, 0.29) is 11.2 Å². The Hall–Kier alpha value is -2.62. The van der Waals surface area contributed by atoms with Gasteiger partial charge in [0.25, 0.3) is 0 Å². The van der Waals surface area contributed by atoms with Crippen LogP contribution in [0.4, 0.5) is 4.39 Å². The second-order valence-electron chi connectivity index (χ2n) is 4.35. The summed E-state index contributed by atoms with van der Waals surface area (Å²) in [6, 6.07) is 10.7. The fraction of sp³-hybridized carbons (Fsp3) is 0.0625. The summed E-state index contributed by atoms with van der Waals surface area (Å²) < 4.78 is 23.5. The maximum absolute atomic E-state index is 12.9. The smallest absolute Gasteiger partial charge is 0.200 e. The van der Waals surface area contributed by atoms with Gasteiger partial charge in [-0.25, -0.2) is 4.39 Å². The molecule has 3 rings (SSSR count). The minimum absolute atomic E-state index is 0.152. The maximum atomic E-state index is 12.9. The Bertz CT molecular complexity index is 819. The summed E-state index contributed by atoms with van der Waals surface area (Å²) in [4.78, 5) is 12.4. The minimum atomic E-state index is -0.344. The minimum Gasteiger partial charge on any atom is -0.497 e. The highest BCUT2D eigenvalue weighted by Crippen LogP contribution is 2.23. The number of hydrogen-bond donors (Lipinski definition) is 0. The van der Waals surface area contributed by atoms with Gasteiger partial charge in [-0.1, -0.05) is 12.1 Å². The SMILES string of the molecule is COc1ccc2c(=O)c(-c3ccc(F)cc3)coc2c1. The lowest BCUT2D eigenvalue weighted by Gasteiger charge is -2.04. The molecule has 20 heavy (non-hydrogen) atoms. The summed E-state index contributed by atoms with van der Waals surface area (Å²) in [6.45, 7) is 0. The van der Waals surface area contributed by atoms with Crippen LogP contribution in [0.1, 0.15) is 0 Å². The van der Waals surface area contributed by atoms with Gasteiger partial charge in [0.05, 0.1) is 18.1 Å². The molecule has 0 saturated heterocycles. The zero-order chi connectivity index (χ0) is 14.1. The molecule has 4 heteroatoms. The molecule has 0 saturated carbocycles. The van der Waals surface area contributed by atoms with Crippen LogP contribution in [-0.4, -0.2) is 7.11 Å². The topological polar surface area (TPSA) is 39.4 Å². The van der Waals surface area contributed by atoms with Crippen LogP contribution < -0.4 is 10.2 Å². The highest BCUT2D eigenvalue weighted by atomic mass is 19.1. The van der Waals surface area contributed by atoms with Gasteiger partial charge in [0, 0.05) is 6.07 Å². The molecule has 0 radical (unpaired) electrons. The van der Waals surface area contributed by atoms with Crippen molar-refractivity contribution in [2.75, 3.05) is 7.11 Å². The number of methoxy groups -OCH3 is 1. The van der Waals surface area contributed by atoms with Crippen LogP contribution in [-0.2, 0) is 0 Å². The van der Waals surface area contributed by atoms with Crippen LogP contribution in [0.25, 0.3) is 22.1 Å². The Morgan fingerprint density at radius 3 is 2.55 bits per heavy atom. The molecule has 0 bridgehead atoms. The van der Waals surface area contributed by atoms with Gasteiger partial charge in [0.2, 0.25) is 0 Å². The standard InChI is InChI=1S/C16H11FO3/c1-19-12-6-7-13-15(8-12)20-9-14(16(13)18)10-2-4-11(17)5-3-10/h2-9H,1H3. The predicted molar refractivity (Wildman–Crippen MR) is 74.4 cm³/mol. The monoisotopic (exact) mass is 270 g/mol. The molecule has 1 aromatic heterocycles. The van der Waals surface area contributed by atoms with Gasteiger partial charge in [-0.3, -0.25) is 4.79 Å². The van der Waals surface area contributed by atoms with E-state index in [1.54, 1.807) is 37.4 Å². The summed E-state index contributed by atoms with van der Waals surface area (Å²) >= 11 is 0. The van der Waals surface area contributed by atoms with Gasteiger partial charge >= 0.3 is 0 Å². The number of fused-ring (bicyclic) bond motifs is 1. The van der Waals surface area contributed by atoms with Gasteiger partial charge < -0.3 is 9.15 Å². The van der Waals surface area contributed by atoms with Gasteiger partial charge in [0.1, 0.15) is 23.4 Å². The Morgan fingerprint density at radius 1 is 1.10 bits per heavy atom. The first kappa shape index (κ1) is 12.4. The van der Waals surface area contributed by atoms with Crippen molar-refractivity contribution in [2.24, 2.45) is 0 Å². The molecule has 2 aromatic carbocycles. The van der Waals surface area contributed by atoms with E-state index in [0.717, 1.165) is 0 Å². The fourth-order valence-corrected chi connectivity index (χ4v) is 2.06. The van der Waals surface area contributed by atoms with Crippen LogP contribution >= 0.6 is 0 Å². The molecule has 3 aromatic rings. The first-order valence-electron chi connectivity index (χ1n) is 6.04. The lowest BCUT2D eigenvalue weighted by molar-refractivity contribution is 0.414. The summed E-state index contributed by atoms with van der Waals surface area (Å²) in [5.41, 5.74) is 1.33. The van der Waals surface area contributed by atoms with Crippen molar-refractivity contribution in [2.45, 2.75) is 0 Å². The van der Waals surface area contributed by atoms with Crippen molar-refractivity contribution in [3.63, 3.8) is 0 Å². The Balaban J connectivity index is 2.21. The van der Waals surface area contributed by atoms with Crippen molar-refractivity contribution >= 4 is 11.0 Å². The van der Waals surface area contributed by atoms with Crippen molar-refractivity contribution in [3.05, 3.63) is 64.8 Å². The quantitative estimate of drug-likeness (QED) is 0.714. The molecule has 0 fully saturated rings. The average Bonchev–Trinajstić information content (AvgIpc) is 2.48. The van der Waals surface area contributed by atoms with Gasteiger partial charge in [0.15, 0.2) is 5.43 Å². The van der Waals surface area contributed by atoms with Gasteiger partial charge in [-0.15, -0.1) is 0 Å². The first-order chi connectivity index (χ1) is 9.69. The van der Waals surface area contributed by atoms with Crippen molar-refractivity contribution < 1.29 is 13.5 Å². The molecule has 100 valence electrons. The average molecular weight is 270 g/mol. The van der Waals surface area contributed by atoms with E-state index < -0.39 is 0 Å². The molecule has 0 spiro atoms. The van der Waals surface area contributed by atoms with Crippen LogP contribution in [0, 0.1) is 5.82 Å². The lowest BCUT2D eigenvalue weighted by Crippen LogP contribution is -2.04. The number of ether oxygens (including phenoxy) is 1. The molecule has 0 aliphatic carbocycles. The summed E-state index contributed by atoms with van der Waals surface area (Å²) in [7, 11) is 1.55. The molecule has 0 amide bonds. The number of halogens is 1. The van der Waals surface area contributed by atoms with Crippen LogP contribution in [0.2, 0.25) is 0 Å². The van der Waals surface area contributed by atoms with E-state index in [1.807, 2.05) is 0 Å². The third-order valence-corrected chi connectivity index (χ3v) is 3.14. The maximum Gasteiger partial charge on any atom is 0.200 e. The fourth-order valence-electron chi connectivity index (χ4n) is 2.06. The Morgan fingerprint density at radius 2 is 1.85 bits per heavy atom. The Labute approximate surface area is 114 Å². The zero-order valence-corrected chi connectivity index (χ0v) is 10.7. The van der Waals surface area contributed by atoms with Crippen molar-refractivity contribution in [3.8, 4) is 16.9 Å². The molecule has 0 aliphatic heterocycles.